The molecule has 0 spiro atoms. The molecule has 1 amide bonds. The predicted octanol–water partition coefficient (Wildman–Crippen LogP) is 4.41. The standard InChI is InChI=1S/C19H17ClFN3O5S2/c1-10(2)28-12-5-11(18(25)24-19-23-3-4-30-19)6-13(7-12)29-16-8-14(20)17(9-15(16)21)31(22,26)27/h3-10H,1-2H3,(H2,22,26,27)(H,23,24,25). The normalized spacial score (nSPS) is 11.4. The zero-order chi connectivity index (χ0) is 22.8. The Bertz CT molecular complexity index is 1220. The number of amides is 1. The summed E-state index contributed by atoms with van der Waals surface area (Å²) in [5, 5.41) is 9.46. The van der Waals surface area contributed by atoms with Crippen LogP contribution in [0.1, 0.15) is 24.2 Å². The van der Waals surface area contributed by atoms with Gasteiger partial charge in [-0.25, -0.2) is 22.9 Å². The summed E-state index contributed by atoms with van der Waals surface area (Å²) in [4.78, 5) is 16.0. The number of hydrogen-bond acceptors (Lipinski definition) is 7. The first kappa shape index (κ1) is 22.9. The molecule has 0 aliphatic heterocycles. The van der Waals surface area contributed by atoms with E-state index in [2.05, 4.69) is 10.3 Å². The van der Waals surface area contributed by atoms with Crippen LogP contribution in [0.25, 0.3) is 0 Å². The van der Waals surface area contributed by atoms with E-state index in [1.807, 2.05) is 0 Å². The van der Waals surface area contributed by atoms with Gasteiger partial charge < -0.3 is 9.47 Å². The van der Waals surface area contributed by atoms with Crippen molar-refractivity contribution >= 4 is 44.0 Å². The third kappa shape index (κ3) is 5.91. The van der Waals surface area contributed by atoms with E-state index in [0.717, 1.165) is 6.07 Å². The molecule has 0 radical (unpaired) electrons. The van der Waals surface area contributed by atoms with E-state index in [4.69, 9.17) is 26.2 Å². The number of benzene rings is 2. The van der Waals surface area contributed by atoms with Crippen molar-refractivity contribution in [3.63, 3.8) is 0 Å². The second kappa shape index (κ2) is 9.18. The van der Waals surface area contributed by atoms with E-state index in [9.17, 15) is 17.6 Å². The maximum atomic E-state index is 14.4. The van der Waals surface area contributed by atoms with Crippen LogP contribution >= 0.6 is 22.9 Å². The van der Waals surface area contributed by atoms with Crippen molar-refractivity contribution in [2.75, 3.05) is 5.32 Å². The van der Waals surface area contributed by atoms with Crippen molar-refractivity contribution in [2.45, 2.75) is 24.8 Å². The molecule has 0 unspecified atom stereocenters. The van der Waals surface area contributed by atoms with Crippen LogP contribution in [0.2, 0.25) is 5.02 Å². The second-order valence-electron chi connectivity index (χ2n) is 6.51. The number of carbonyl (C=O) groups is 1. The molecule has 0 bridgehead atoms. The number of thiazole rings is 1. The number of primary sulfonamides is 1. The van der Waals surface area contributed by atoms with Crippen LogP contribution in [0.4, 0.5) is 9.52 Å². The summed E-state index contributed by atoms with van der Waals surface area (Å²) in [6.45, 7) is 3.60. The summed E-state index contributed by atoms with van der Waals surface area (Å²) in [6, 6.07) is 5.99. The number of nitrogens with two attached hydrogens (primary N) is 1. The summed E-state index contributed by atoms with van der Waals surface area (Å²) in [6.07, 6.45) is 1.34. The minimum Gasteiger partial charge on any atom is -0.491 e. The highest BCUT2D eigenvalue weighted by molar-refractivity contribution is 7.89. The molecule has 0 aliphatic rings. The van der Waals surface area contributed by atoms with Gasteiger partial charge in [0.1, 0.15) is 16.4 Å². The Morgan fingerprint density at radius 2 is 1.94 bits per heavy atom. The molecule has 3 N–H and O–H groups in total. The fraction of sp³-hybridized carbons (Fsp3) is 0.158. The van der Waals surface area contributed by atoms with Gasteiger partial charge in [0.15, 0.2) is 16.7 Å². The number of ether oxygens (including phenoxy) is 2. The first-order chi connectivity index (χ1) is 14.5. The van der Waals surface area contributed by atoms with Gasteiger partial charge in [-0.1, -0.05) is 11.6 Å². The quantitative estimate of drug-likeness (QED) is 0.511. The Hall–Kier alpha value is -2.73. The van der Waals surface area contributed by atoms with Crippen molar-refractivity contribution in [2.24, 2.45) is 5.14 Å². The third-order valence-electron chi connectivity index (χ3n) is 3.69. The molecule has 8 nitrogen and oxygen atoms in total. The van der Waals surface area contributed by atoms with E-state index < -0.39 is 26.6 Å². The molecule has 1 heterocycles. The lowest BCUT2D eigenvalue weighted by atomic mass is 10.2. The lowest BCUT2D eigenvalue weighted by molar-refractivity contribution is 0.102. The molecular weight excluding hydrogens is 469 g/mol. The summed E-state index contributed by atoms with van der Waals surface area (Å²) in [5.74, 6) is -1.45. The van der Waals surface area contributed by atoms with Crippen LogP contribution in [0, 0.1) is 5.82 Å². The van der Waals surface area contributed by atoms with Gasteiger partial charge in [0.25, 0.3) is 5.91 Å². The topological polar surface area (TPSA) is 121 Å². The van der Waals surface area contributed by atoms with Gasteiger partial charge >= 0.3 is 0 Å². The molecule has 3 aromatic rings. The molecular formula is C19H17ClFN3O5S2. The van der Waals surface area contributed by atoms with Gasteiger partial charge in [0.2, 0.25) is 10.0 Å². The van der Waals surface area contributed by atoms with E-state index in [1.54, 1.807) is 25.4 Å². The summed E-state index contributed by atoms with van der Waals surface area (Å²) < 4.78 is 48.6. The number of anilines is 1. The number of sulfonamides is 1. The fourth-order valence-corrected chi connectivity index (χ4v) is 4.09. The Balaban J connectivity index is 1.96. The lowest BCUT2D eigenvalue weighted by Crippen LogP contribution is -2.13. The highest BCUT2D eigenvalue weighted by atomic mass is 35.5. The largest absolute Gasteiger partial charge is 0.491 e. The van der Waals surface area contributed by atoms with Crippen molar-refractivity contribution < 1.29 is 27.1 Å². The van der Waals surface area contributed by atoms with Crippen LogP contribution in [0.5, 0.6) is 17.2 Å². The Morgan fingerprint density at radius 3 is 2.55 bits per heavy atom. The lowest BCUT2D eigenvalue weighted by Gasteiger charge is -2.15. The van der Waals surface area contributed by atoms with Crippen LogP contribution < -0.4 is 19.9 Å². The first-order valence-corrected chi connectivity index (χ1v) is 11.6. The van der Waals surface area contributed by atoms with Gasteiger partial charge in [-0.05, 0) is 32.0 Å². The average molecular weight is 486 g/mol. The molecule has 0 fully saturated rings. The minimum atomic E-state index is -4.21. The zero-order valence-electron chi connectivity index (χ0n) is 16.3. The SMILES string of the molecule is CC(C)Oc1cc(Oc2cc(Cl)c(S(N)(=O)=O)cc2F)cc(C(=O)Nc2nccs2)c1. The van der Waals surface area contributed by atoms with Gasteiger partial charge in [0, 0.05) is 29.3 Å². The van der Waals surface area contributed by atoms with E-state index in [-0.39, 0.29) is 28.2 Å². The number of aromatic nitrogens is 1. The van der Waals surface area contributed by atoms with Crippen molar-refractivity contribution in [3.05, 3.63) is 58.3 Å². The molecule has 0 atom stereocenters. The first-order valence-electron chi connectivity index (χ1n) is 8.75. The predicted molar refractivity (Wildman–Crippen MR) is 115 cm³/mol. The molecule has 2 aromatic carbocycles. The smallest absolute Gasteiger partial charge is 0.257 e. The Labute approximate surface area is 186 Å². The Morgan fingerprint density at radius 1 is 1.23 bits per heavy atom. The fourth-order valence-electron chi connectivity index (χ4n) is 2.49. The van der Waals surface area contributed by atoms with E-state index in [1.165, 1.54) is 29.5 Å². The monoisotopic (exact) mass is 485 g/mol. The summed E-state index contributed by atoms with van der Waals surface area (Å²) >= 11 is 7.16. The maximum absolute atomic E-state index is 14.4. The third-order valence-corrected chi connectivity index (χ3v) is 5.75. The number of carbonyl (C=O) groups excluding carboxylic acids is 1. The zero-order valence-corrected chi connectivity index (χ0v) is 18.6. The maximum Gasteiger partial charge on any atom is 0.257 e. The molecule has 164 valence electrons. The number of nitrogens with zero attached hydrogens (tertiary/aromatic N) is 1. The molecule has 0 saturated carbocycles. The molecule has 31 heavy (non-hydrogen) atoms. The van der Waals surface area contributed by atoms with Crippen LogP contribution in [-0.4, -0.2) is 25.4 Å². The number of rotatable bonds is 7. The highest BCUT2D eigenvalue weighted by Crippen LogP contribution is 2.34. The van der Waals surface area contributed by atoms with Gasteiger partial charge in [-0.2, -0.15) is 0 Å². The van der Waals surface area contributed by atoms with Crippen molar-refractivity contribution in [1.82, 2.24) is 4.98 Å². The van der Waals surface area contributed by atoms with Gasteiger partial charge in [0.05, 0.1) is 11.1 Å². The molecule has 0 aliphatic carbocycles. The molecule has 3 rings (SSSR count). The van der Waals surface area contributed by atoms with Crippen molar-refractivity contribution in [1.29, 1.82) is 0 Å². The van der Waals surface area contributed by atoms with E-state index in [0.29, 0.717) is 16.9 Å². The number of nitrogens with one attached hydrogen (secondary N) is 1. The number of halogens is 2. The minimum absolute atomic E-state index is 0.0701. The second-order valence-corrected chi connectivity index (χ2v) is 9.34. The molecule has 12 heteroatoms. The van der Waals surface area contributed by atoms with Gasteiger partial charge in [-0.15, -0.1) is 11.3 Å². The van der Waals surface area contributed by atoms with Crippen LogP contribution in [0.3, 0.4) is 0 Å². The number of hydrogen-bond donors (Lipinski definition) is 2. The molecule has 1 aromatic heterocycles. The molecule has 0 saturated heterocycles. The van der Waals surface area contributed by atoms with Gasteiger partial charge in [-0.3, -0.25) is 10.1 Å². The Kier molecular flexibility index (Phi) is 6.80. The van der Waals surface area contributed by atoms with Crippen molar-refractivity contribution in [3.8, 4) is 17.2 Å². The highest BCUT2D eigenvalue weighted by Gasteiger charge is 2.19. The summed E-state index contributed by atoms with van der Waals surface area (Å²) in [7, 11) is -4.21. The van der Waals surface area contributed by atoms with Crippen LogP contribution in [-0.2, 0) is 10.0 Å². The van der Waals surface area contributed by atoms with Crippen LogP contribution in [0.15, 0.2) is 46.8 Å². The van der Waals surface area contributed by atoms with E-state index >= 15 is 0 Å². The average Bonchev–Trinajstić information content (AvgIpc) is 3.15. The summed E-state index contributed by atoms with van der Waals surface area (Å²) in [5.41, 5.74) is 0.177.